The van der Waals surface area contributed by atoms with Crippen molar-refractivity contribution in [3.63, 3.8) is 0 Å². The number of halogens is 2. The third-order valence-electron chi connectivity index (χ3n) is 2.85. The van der Waals surface area contributed by atoms with Gasteiger partial charge < -0.3 is 16.4 Å². The molecule has 0 bridgehead atoms. The Kier molecular flexibility index (Phi) is 2.84. The van der Waals surface area contributed by atoms with E-state index in [0.717, 1.165) is 6.54 Å². The zero-order valence-electron chi connectivity index (χ0n) is 9.13. The molecular formula is C11H15ClFN3. The van der Waals surface area contributed by atoms with Crippen molar-refractivity contribution in [2.45, 2.75) is 12.8 Å². The van der Waals surface area contributed by atoms with Gasteiger partial charge in [-0.05, 0) is 24.8 Å². The first kappa shape index (κ1) is 11.3. The number of anilines is 3. The maximum absolute atomic E-state index is 13.9. The molecule has 3 nitrogen and oxygen atoms in total. The lowest BCUT2D eigenvalue weighted by atomic mass is 10.2. The molecule has 0 radical (unpaired) electrons. The summed E-state index contributed by atoms with van der Waals surface area (Å²) in [5, 5.41) is -0.0492. The van der Waals surface area contributed by atoms with Crippen molar-refractivity contribution in [2.75, 3.05) is 30.0 Å². The highest BCUT2D eigenvalue weighted by Gasteiger charge is 2.25. The van der Waals surface area contributed by atoms with Gasteiger partial charge in [-0.3, -0.25) is 0 Å². The van der Waals surface area contributed by atoms with E-state index in [4.69, 9.17) is 23.1 Å². The number of nitrogens with zero attached hydrogens (tertiary/aromatic N) is 1. The maximum Gasteiger partial charge on any atom is 0.169 e. The number of benzene rings is 1. The molecule has 1 aliphatic rings. The SMILES string of the molecule is CN(CC1CC1)c1c(N)cc(N)c(Cl)c1F. The minimum Gasteiger partial charge on any atom is -0.397 e. The van der Waals surface area contributed by atoms with Crippen LogP contribution in [0.2, 0.25) is 5.02 Å². The highest BCUT2D eigenvalue weighted by atomic mass is 35.5. The van der Waals surface area contributed by atoms with Crippen LogP contribution in [0, 0.1) is 11.7 Å². The molecule has 5 heteroatoms. The molecule has 1 fully saturated rings. The number of hydrogen-bond donors (Lipinski definition) is 2. The van der Waals surface area contributed by atoms with Crippen LogP contribution in [0.25, 0.3) is 0 Å². The standard InChI is InChI=1S/C11H15ClFN3/c1-16(5-6-2-3-6)11-8(15)4-7(14)9(12)10(11)13/h4,6H,2-3,5,14-15H2,1H3. The lowest BCUT2D eigenvalue weighted by Crippen LogP contribution is -2.22. The molecule has 4 N–H and O–H groups in total. The van der Waals surface area contributed by atoms with Gasteiger partial charge in [0.05, 0.1) is 17.1 Å². The van der Waals surface area contributed by atoms with E-state index in [0.29, 0.717) is 17.3 Å². The van der Waals surface area contributed by atoms with Crippen LogP contribution in [0.4, 0.5) is 21.5 Å². The predicted molar refractivity (Wildman–Crippen MR) is 66.2 cm³/mol. The Balaban J connectivity index is 2.34. The van der Waals surface area contributed by atoms with Gasteiger partial charge in [-0.1, -0.05) is 11.6 Å². The van der Waals surface area contributed by atoms with Crippen LogP contribution in [-0.4, -0.2) is 13.6 Å². The van der Waals surface area contributed by atoms with Crippen LogP contribution in [0.5, 0.6) is 0 Å². The topological polar surface area (TPSA) is 55.3 Å². The smallest absolute Gasteiger partial charge is 0.169 e. The molecule has 2 rings (SSSR count). The molecule has 1 aromatic rings. The molecule has 0 spiro atoms. The lowest BCUT2D eigenvalue weighted by Gasteiger charge is -2.22. The Morgan fingerprint density at radius 3 is 2.62 bits per heavy atom. The summed E-state index contributed by atoms with van der Waals surface area (Å²) in [6.07, 6.45) is 2.41. The highest BCUT2D eigenvalue weighted by Crippen LogP contribution is 2.38. The van der Waals surface area contributed by atoms with Crippen LogP contribution < -0.4 is 16.4 Å². The highest BCUT2D eigenvalue weighted by molar-refractivity contribution is 6.33. The Hall–Kier alpha value is -1.16. The second-order valence-electron chi connectivity index (χ2n) is 4.36. The van der Waals surface area contributed by atoms with E-state index in [-0.39, 0.29) is 10.7 Å². The van der Waals surface area contributed by atoms with Crippen molar-refractivity contribution in [1.29, 1.82) is 0 Å². The molecule has 0 unspecified atom stereocenters. The minimum absolute atomic E-state index is 0.0492. The quantitative estimate of drug-likeness (QED) is 0.802. The van der Waals surface area contributed by atoms with Crippen molar-refractivity contribution in [3.8, 4) is 0 Å². The summed E-state index contributed by atoms with van der Waals surface area (Å²) in [5.74, 6) is 0.127. The number of rotatable bonds is 3. The summed E-state index contributed by atoms with van der Waals surface area (Å²) in [6.45, 7) is 0.807. The molecule has 1 aliphatic carbocycles. The first-order valence-electron chi connectivity index (χ1n) is 5.24. The van der Waals surface area contributed by atoms with Gasteiger partial charge in [0, 0.05) is 13.6 Å². The molecule has 0 amide bonds. The Morgan fingerprint density at radius 2 is 2.06 bits per heavy atom. The zero-order chi connectivity index (χ0) is 11.9. The van der Waals surface area contributed by atoms with Gasteiger partial charge in [-0.2, -0.15) is 0 Å². The fourth-order valence-corrected chi connectivity index (χ4v) is 1.97. The fraction of sp³-hybridized carbons (Fsp3) is 0.455. The van der Waals surface area contributed by atoms with E-state index in [2.05, 4.69) is 0 Å². The summed E-state index contributed by atoms with van der Waals surface area (Å²) < 4.78 is 13.9. The molecule has 0 saturated heterocycles. The van der Waals surface area contributed by atoms with E-state index < -0.39 is 5.82 Å². The molecule has 16 heavy (non-hydrogen) atoms. The Labute approximate surface area is 99.2 Å². The molecule has 0 aromatic heterocycles. The van der Waals surface area contributed by atoms with Crippen molar-refractivity contribution in [1.82, 2.24) is 0 Å². The van der Waals surface area contributed by atoms with Gasteiger partial charge in [-0.15, -0.1) is 0 Å². The summed E-state index contributed by atoms with van der Waals surface area (Å²) >= 11 is 5.77. The van der Waals surface area contributed by atoms with Gasteiger partial charge in [0.25, 0.3) is 0 Å². The Morgan fingerprint density at radius 1 is 1.44 bits per heavy atom. The summed E-state index contributed by atoms with van der Waals surface area (Å²) in [4.78, 5) is 1.81. The predicted octanol–water partition coefficient (Wildman–Crippen LogP) is 2.49. The van der Waals surface area contributed by atoms with Crippen molar-refractivity contribution < 1.29 is 4.39 Å². The van der Waals surface area contributed by atoms with Gasteiger partial charge in [-0.25, -0.2) is 4.39 Å². The first-order chi connectivity index (χ1) is 7.50. The number of nitrogen functional groups attached to an aromatic ring is 2. The molecule has 0 atom stereocenters. The summed E-state index contributed by atoms with van der Waals surface area (Å²) in [7, 11) is 1.82. The Bertz CT molecular complexity index is 418. The third-order valence-corrected chi connectivity index (χ3v) is 3.23. The van der Waals surface area contributed by atoms with Gasteiger partial charge in [0.1, 0.15) is 5.02 Å². The largest absolute Gasteiger partial charge is 0.397 e. The fourth-order valence-electron chi connectivity index (χ4n) is 1.82. The van der Waals surface area contributed by atoms with Gasteiger partial charge in [0.2, 0.25) is 0 Å². The van der Waals surface area contributed by atoms with E-state index in [1.54, 1.807) is 0 Å². The minimum atomic E-state index is -0.526. The van der Waals surface area contributed by atoms with Crippen LogP contribution >= 0.6 is 11.6 Å². The first-order valence-corrected chi connectivity index (χ1v) is 5.62. The van der Waals surface area contributed by atoms with E-state index in [9.17, 15) is 4.39 Å². The molecular weight excluding hydrogens is 229 g/mol. The van der Waals surface area contributed by atoms with Gasteiger partial charge in [0.15, 0.2) is 5.82 Å². The van der Waals surface area contributed by atoms with Gasteiger partial charge >= 0.3 is 0 Å². The number of nitrogens with two attached hydrogens (primary N) is 2. The molecule has 0 aliphatic heterocycles. The third kappa shape index (κ3) is 2.02. The second-order valence-corrected chi connectivity index (χ2v) is 4.73. The molecule has 88 valence electrons. The van der Waals surface area contributed by atoms with E-state index in [1.165, 1.54) is 18.9 Å². The maximum atomic E-state index is 13.9. The van der Waals surface area contributed by atoms with Crippen LogP contribution in [0.1, 0.15) is 12.8 Å². The lowest BCUT2D eigenvalue weighted by molar-refractivity contribution is 0.621. The van der Waals surface area contributed by atoms with Crippen LogP contribution in [-0.2, 0) is 0 Å². The normalized spacial score (nSPS) is 15.2. The average molecular weight is 244 g/mol. The molecule has 1 aromatic carbocycles. The molecule has 0 heterocycles. The zero-order valence-corrected chi connectivity index (χ0v) is 9.89. The second kappa shape index (κ2) is 4.01. The average Bonchev–Trinajstić information content (AvgIpc) is 2.98. The van der Waals surface area contributed by atoms with Crippen molar-refractivity contribution >= 4 is 28.7 Å². The summed E-state index contributed by atoms with van der Waals surface area (Å²) in [5.41, 5.74) is 12.2. The van der Waals surface area contributed by atoms with Crippen molar-refractivity contribution in [2.24, 2.45) is 5.92 Å². The summed E-state index contributed by atoms with van der Waals surface area (Å²) in [6, 6.07) is 1.50. The van der Waals surface area contributed by atoms with E-state index >= 15 is 0 Å². The van der Waals surface area contributed by atoms with E-state index in [1.807, 2.05) is 11.9 Å². The molecule has 1 saturated carbocycles. The van der Waals surface area contributed by atoms with Crippen LogP contribution in [0.3, 0.4) is 0 Å². The van der Waals surface area contributed by atoms with Crippen LogP contribution in [0.15, 0.2) is 6.07 Å². The van der Waals surface area contributed by atoms with Crippen molar-refractivity contribution in [3.05, 3.63) is 16.9 Å². The number of hydrogen-bond acceptors (Lipinski definition) is 3. The monoisotopic (exact) mass is 243 g/mol.